The molecule has 1 N–H and O–H groups in total. The molecule has 1 fully saturated rings. The molecule has 0 saturated carbocycles. The number of hydrogen-bond acceptors (Lipinski definition) is 3. The zero-order valence-corrected chi connectivity index (χ0v) is 8.50. The van der Waals surface area contributed by atoms with Crippen molar-refractivity contribution in [3.8, 4) is 0 Å². The van der Waals surface area contributed by atoms with E-state index in [0.717, 1.165) is 13.1 Å². The van der Waals surface area contributed by atoms with E-state index >= 15 is 0 Å². The number of halogens is 2. The molecule has 0 aliphatic carbocycles. The lowest BCUT2D eigenvalue weighted by atomic mass is 10.3. The molecule has 1 aliphatic heterocycles. The number of hydroxylamine groups is 2. The van der Waals surface area contributed by atoms with Crippen LogP contribution < -0.4 is 5.32 Å². The summed E-state index contributed by atoms with van der Waals surface area (Å²) in [4.78, 5) is 5.04. The Balaban J connectivity index is 0. The minimum Gasteiger partial charge on any atom is -0.316 e. The molecule has 1 aliphatic rings. The number of rotatable bonds is 2. The summed E-state index contributed by atoms with van der Waals surface area (Å²) in [6.45, 7) is 2.08. The molecule has 5 heteroatoms. The third kappa shape index (κ3) is 4.13. The van der Waals surface area contributed by atoms with Gasteiger partial charge < -0.3 is 10.2 Å². The van der Waals surface area contributed by atoms with Crippen LogP contribution in [0.15, 0.2) is 0 Å². The molecular formula is C6H16Cl2N2O. The van der Waals surface area contributed by atoms with Gasteiger partial charge in [-0.3, -0.25) is 0 Å². The van der Waals surface area contributed by atoms with Crippen LogP contribution in [-0.2, 0) is 4.84 Å². The normalized spacial score (nSPS) is 24.0. The van der Waals surface area contributed by atoms with Gasteiger partial charge in [0.25, 0.3) is 0 Å². The maximum Gasteiger partial charge on any atom is 0.0575 e. The Labute approximate surface area is 80.2 Å². The number of nitrogens with zero attached hydrogens (tertiary/aromatic N) is 1. The van der Waals surface area contributed by atoms with Crippen LogP contribution in [0.4, 0.5) is 0 Å². The summed E-state index contributed by atoms with van der Waals surface area (Å²) in [5.74, 6) is 0. The van der Waals surface area contributed by atoms with Crippen molar-refractivity contribution in [2.75, 3.05) is 27.2 Å². The first kappa shape index (κ1) is 14.0. The summed E-state index contributed by atoms with van der Waals surface area (Å²) in [7, 11) is 3.71. The Morgan fingerprint density at radius 2 is 2.09 bits per heavy atom. The maximum atomic E-state index is 5.04. The highest BCUT2D eigenvalue weighted by Crippen LogP contribution is 2.06. The zero-order valence-electron chi connectivity index (χ0n) is 6.87. The van der Waals surface area contributed by atoms with Gasteiger partial charge >= 0.3 is 0 Å². The molecule has 0 aromatic heterocycles. The molecule has 0 radical (unpaired) electrons. The predicted molar refractivity (Wildman–Crippen MR) is 50.5 cm³/mol. The fourth-order valence-corrected chi connectivity index (χ4v) is 1.13. The van der Waals surface area contributed by atoms with E-state index in [2.05, 4.69) is 5.32 Å². The predicted octanol–water partition coefficient (Wildman–Crippen LogP) is 0.685. The molecule has 0 aromatic rings. The highest BCUT2D eigenvalue weighted by atomic mass is 35.5. The van der Waals surface area contributed by atoms with Crippen LogP contribution in [0.2, 0.25) is 0 Å². The number of hydrogen-bond donors (Lipinski definition) is 1. The van der Waals surface area contributed by atoms with E-state index in [4.69, 9.17) is 4.84 Å². The van der Waals surface area contributed by atoms with Gasteiger partial charge in [-0.05, 0) is 13.5 Å². The molecule has 0 spiro atoms. The fraction of sp³-hybridized carbons (Fsp3) is 1.00. The van der Waals surface area contributed by atoms with Gasteiger partial charge in [0.2, 0.25) is 0 Å². The maximum absolute atomic E-state index is 5.04. The molecule has 70 valence electrons. The molecule has 1 heterocycles. The van der Waals surface area contributed by atoms with Crippen molar-refractivity contribution in [1.82, 2.24) is 10.4 Å². The molecular weight excluding hydrogens is 187 g/mol. The topological polar surface area (TPSA) is 24.5 Å². The van der Waals surface area contributed by atoms with Crippen molar-refractivity contribution in [3.05, 3.63) is 0 Å². The van der Waals surface area contributed by atoms with Gasteiger partial charge in [-0.25, -0.2) is 0 Å². The van der Waals surface area contributed by atoms with Gasteiger partial charge in [0.15, 0.2) is 0 Å². The number of likely N-dealkylation sites (N-methyl/N-ethyl adjacent to an activating group) is 1. The molecule has 1 atom stereocenters. The SMILES string of the molecule is CNC1CCN(OC)C1.Cl.Cl. The Bertz CT molecular complexity index is 84.7. The summed E-state index contributed by atoms with van der Waals surface area (Å²) >= 11 is 0. The largest absolute Gasteiger partial charge is 0.316 e. The quantitative estimate of drug-likeness (QED) is 0.714. The molecule has 3 nitrogen and oxygen atoms in total. The highest BCUT2D eigenvalue weighted by Gasteiger charge is 2.19. The Hall–Kier alpha value is 0.460. The van der Waals surface area contributed by atoms with Crippen molar-refractivity contribution in [2.24, 2.45) is 0 Å². The average molecular weight is 203 g/mol. The fourth-order valence-electron chi connectivity index (χ4n) is 1.13. The van der Waals surface area contributed by atoms with Crippen molar-refractivity contribution in [2.45, 2.75) is 12.5 Å². The van der Waals surface area contributed by atoms with E-state index in [-0.39, 0.29) is 24.8 Å². The van der Waals surface area contributed by atoms with E-state index in [9.17, 15) is 0 Å². The third-order valence-corrected chi connectivity index (χ3v) is 1.82. The minimum absolute atomic E-state index is 0. The smallest absolute Gasteiger partial charge is 0.0575 e. The van der Waals surface area contributed by atoms with Crippen LogP contribution in [0.3, 0.4) is 0 Å². The first-order valence-corrected chi connectivity index (χ1v) is 3.33. The molecule has 1 rings (SSSR count). The summed E-state index contributed by atoms with van der Waals surface area (Å²) in [5, 5.41) is 5.18. The lowest BCUT2D eigenvalue weighted by Gasteiger charge is -2.11. The zero-order chi connectivity index (χ0) is 6.69. The summed E-state index contributed by atoms with van der Waals surface area (Å²) in [6, 6.07) is 0.630. The molecule has 0 bridgehead atoms. The highest BCUT2D eigenvalue weighted by molar-refractivity contribution is 5.85. The Kier molecular flexibility index (Phi) is 9.08. The molecule has 1 unspecified atom stereocenters. The average Bonchev–Trinajstić information content (AvgIpc) is 2.34. The summed E-state index contributed by atoms with van der Waals surface area (Å²) in [5.41, 5.74) is 0. The van der Waals surface area contributed by atoms with E-state index in [1.807, 2.05) is 12.1 Å². The van der Waals surface area contributed by atoms with Gasteiger partial charge in [0.05, 0.1) is 7.11 Å². The van der Waals surface area contributed by atoms with Gasteiger partial charge in [0, 0.05) is 19.1 Å². The molecule has 1 saturated heterocycles. The van der Waals surface area contributed by atoms with Crippen molar-refractivity contribution in [3.63, 3.8) is 0 Å². The van der Waals surface area contributed by atoms with E-state index in [1.165, 1.54) is 6.42 Å². The monoisotopic (exact) mass is 202 g/mol. The number of nitrogens with one attached hydrogen (secondary N) is 1. The van der Waals surface area contributed by atoms with Crippen LogP contribution in [0.25, 0.3) is 0 Å². The van der Waals surface area contributed by atoms with Crippen molar-refractivity contribution in [1.29, 1.82) is 0 Å². The third-order valence-electron chi connectivity index (χ3n) is 1.82. The van der Waals surface area contributed by atoms with Crippen molar-refractivity contribution < 1.29 is 4.84 Å². The molecule has 0 amide bonds. The van der Waals surface area contributed by atoms with E-state index < -0.39 is 0 Å². The summed E-state index contributed by atoms with van der Waals surface area (Å²) in [6.07, 6.45) is 1.20. The van der Waals surface area contributed by atoms with Crippen LogP contribution >= 0.6 is 24.8 Å². The Morgan fingerprint density at radius 1 is 1.45 bits per heavy atom. The first-order valence-electron chi connectivity index (χ1n) is 3.33. The van der Waals surface area contributed by atoms with Crippen molar-refractivity contribution >= 4 is 24.8 Å². The van der Waals surface area contributed by atoms with Crippen LogP contribution in [-0.4, -0.2) is 38.4 Å². The second-order valence-electron chi connectivity index (χ2n) is 2.34. The van der Waals surface area contributed by atoms with Crippen LogP contribution in [0, 0.1) is 0 Å². The van der Waals surface area contributed by atoms with Gasteiger partial charge in [-0.1, -0.05) is 0 Å². The van der Waals surface area contributed by atoms with E-state index in [1.54, 1.807) is 7.11 Å². The van der Waals surface area contributed by atoms with E-state index in [0.29, 0.717) is 6.04 Å². The second kappa shape index (κ2) is 7.13. The lowest BCUT2D eigenvalue weighted by Crippen LogP contribution is -2.28. The second-order valence-corrected chi connectivity index (χ2v) is 2.34. The van der Waals surface area contributed by atoms with Crippen LogP contribution in [0.5, 0.6) is 0 Å². The Morgan fingerprint density at radius 3 is 2.36 bits per heavy atom. The standard InChI is InChI=1S/C6H14N2O.2ClH/c1-7-6-3-4-8(5-6)9-2;;/h6-7H,3-5H2,1-2H3;2*1H. The summed E-state index contributed by atoms with van der Waals surface area (Å²) < 4.78 is 0. The minimum atomic E-state index is 0. The molecule has 11 heavy (non-hydrogen) atoms. The molecule has 0 aromatic carbocycles. The van der Waals surface area contributed by atoms with Gasteiger partial charge in [-0.15, -0.1) is 24.8 Å². The van der Waals surface area contributed by atoms with Gasteiger partial charge in [-0.2, -0.15) is 5.06 Å². The van der Waals surface area contributed by atoms with Crippen LogP contribution in [0.1, 0.15) is 6.42 Å². The van der Waals surface area contributed by atoms with Gasteiger partial charge in [0.1, 0.15) is 0 Å². The first-order chi connectivity index (χ1) is 4.36. The lowest BCUT2D eigenvalue weighted by molar-refractivity contribution is -0.113.